The van der Waals surface area contributed by atoms with Crippen LogP contribution in [0.5, 0.6) is 0 Å². The minimum Gasteiger partial charge on any atom is -0.462 e. The Labute approximate surface area is 160 Å². The average Bonchev–Trinajstić information content (AvgIpc) is 3.47. The molecule has 1 atom stereocenters. The number of aromatic amines is 1. The molecular weight excluding hydrogens is 360 g/mol. The number of rotatable bonds is 6. The third-order valence-electron chi connectivity index (χ3n) is 4.19. The first-order chi connectivity index (χ1) is 13.2. The third kappa shape index (κ3) is 3.68. The van der Waals surface area contributed by atoms with Gasteiger partial charge in [0.25, 0.3) is 5.91 Å². The molecule has 0 fully saturated rings. The second-order valence-electron chi connectivity index (χ2n) is 6.00. The van der Waals surface area contributed by atoms with Gasteiger partial charge in [0, 0.05) is 5.38 Å². The Balaban J connectivity index is 1.49. The number of hydrogen-bond acceptors (Lipinski definition) is 5. The van der Waals surface area contributed by atoms with Gasteiger partial charge >= 0.3 is 0 Å². The Morgan fingerprint density at radius 3 is 2.85 bits per heavy atom. The van der Waals surface area contributed by atoms with Crippen LogP contribution in [-0.4, -0.2) is 20.9 Å². The second-order valence-corrected chi connectivity index (χ2v) is 6.86. The SMILES string of the molecule is CCC(NC(=O)c1csc(-c2ccco2)n1)c1ncc(-c2ccccc2)[nH]1. The van der Waals surface area contributed by atoms with Gasteiger partial charge in [-0.05, 0) is 24.1 Å². The van der Waals surface area contributed by atoms with Crippen LogP contribution in [0.3, 0.4) is 0 Å². The van der Waals surface area contributed by atoms with Crippen LogP contribution in [-0.2, 0) is 0 Å². The van der Waals surface area contributed by atoms with Crippen molar-refractivity contribution >= 4 is 17.2 Å². The van der Waals surface area contributed by atoms with Gasteiger partial charge in [0.05, 0.1) is 24.2 Å². The number of benzene rings is 1. The highest BCUT2D eigenvalue weighted by Gasteiger charge is 2.20. The van der Waals surface area contributed by atoms with Gasteiger partial charge in [-0.3, -0.25) is 4.79 Å². The molecule has 27 heavy (non-hydrogen) atoms. The zero-order chi connectivity index (χ0) is 18.6. The Kier molecular flexibility index (Phi) is 4.84. The summed E-state index contributed by atoms with van der Waals surface area (Å²) in [5.41, 5.74) is 2.35. The minimum absolute atomic E-state index is 0.219. The average molecular weight is 378 g/mol. The summed E-state index contributed by atoms with van der Waals surface area (Å²) >= 11 is 1.38. The molecule has 0 bridgehead atoms. The molecule has 4 aromatic rings. The molecule has 4 rings (SSSR count). The van der Waals surface area contributed by atoms with Crippen molar-refractivity contribution in [2.45, 2.75) is 19.4 Å². The Morgan fingerprint density at radius 1 is 1.26 bits per heavy atom. The molecule has 6 nitrogen and oxygen atoms in total. The molecule has 0 spiro atoms. The van der Waals surface area contributed by atoms with E-state index in [1.165, 1.54) is 11.3 Å². The number of amides is 1. The van der Waals surface area contributed by atoms with E-state index in [1.807, 2.05) is 43.3 Å². The van der Waals surface area contributed by atoms with Crippen molar-refractivity contribution in [3.8, 4) is 22.0 Å². The van der Waals surface area contributed by atoms with E-state index in [0.29, 0.717) is 22.9 Å². The number of carbonyl (C=O) groups is 1. The largest absolute Gasteiger partial charge is 0.462 e. The molecule has 0 aliphatic rings. The lowest BCUT2D eigenvalue weighted by Crippen LogP contribution is -2.29. The molecule has 2 N–H and O–H groups in total. The van der Waals surface area contributed by atoms with E-state index < -0.39 is 0 Å². The number of H-pyrrole nitrogens is 1. The van der Waals surface area contributed by atoms with E-state index in [4.69, 9.17) is 4.42 Å². The first-order valence-electron chi connectivity index (χ1n) is 8.65. The maximum Gasteiger partial charge on any atom is 0.271 e. The van der Waals surface area contributed by atoms with Gasteiger partial charge in [0.15, 0.2) is 10.8 Å². The predicted molar refractivity (Wildman–Crippen MR) is 104 cm³/mol. The van der Waals surface area contributed by atoms with Crippen LogP contribution in [0.1, 0.15) is 35.7 Å². The fourth-order valence-electron chi connectivity index (χ4n) is 2.77. The summed E-state index contributed by atoms with van der Waals surface area (Å²) < 4.78 is 5.33. The van der Waals surface area contributed by atoms with Crippen LogP contribution >= 0.6 is 11.3 Å². The van der Waals surface area contributed by atoms with Crippen molar-refractivity contribution in [2.75, 3.05) is 0 Å². The number of nitrogens with zero attached hydrogens (tertiary/aromatic N) is 2. The van der Waals surface area contributed by atoms with E-state index in [0.717, 1.165) is 17.1 Å². The monoisotopic (exact) mass is 378 g/mol. The lowest BCUT2D eigenvalue weighted by molar-refractivity contribution is 0.0929. The number of aromatic nitrogens is 3. The summed E-state index contributed by atoms with van der Waals surface area (Å²) in [5.74, 6) is 1.16. The quantitative estimate of drug-likeness (QED) is 0.510. The van der Waals surface area contributed by atoms with Crippen molar-refractivity contribution in [3.05, 3.63) is 71.8 Å². The summed E-state index contributed by atoms with van der Waals surface area (Å²) in [7, 11) is 0. The van der Waals surface area contributed by atoms with E-state index in [9.17, 15) is 4.79 Å². The molecule has 136 valence electrons. The summed E-state index contributed by atoms with van der Waals surface area (Å²) in [4.78, 5) is 24.7. The Hall–Kier alpha value is -3.19. The molecule has 3 heterocycles. The summed E-state index contributed by atoms with van der Waals surface area (Å²) in [6, 6.07) is 13.4. The van der Waals surface area contributed by atoms with E-state index in [1.54, 1.807) is 23.9 Å². The first-order valence-corrected chi connectivity index (χ1v) is 9.53. The molecule has 3 aromatic heterocycles. The number of carbonyl (C=O) groups excluding carboxylic acids is 1. The zero-order valence-electron chi connectivity index (χ0n) is 14.7. The van der Waals surface area contributed by atoms with Gasteiger partial charge in [-0.1, -0.05) is 37.3 Å². The van der Waals surface area contributed by atoms with Gasteiger partial charge in [-0.25, -0.2) is 9.97 Å². The maximum absolute atomic E-state index is 12.6. The van der Waals surface area contributed by atoms with Gasteiger partial charge in [-0.2, -0.15) is 0 Å². The van der Waals surface area contributed by atoms with Gasteiger partial charge < -0.3 is 14.7 Å². The lowest BCUT2D eigenvalue weighted by atomic mass is 10.2. The number of hydrogen-bond donors (Lipinski definition) is 2. The highest BCUT2D eigenvalue weighted by molar-refractivity contribution is 7.13. The van der Waals surface area contributed by atoms with Crippen LogP contribution < -0.4 is 5.32 Å². The number of nitrogens with one attached hydrogen (secondary N) is 2. The lowest BCUT2D eigenvalue weighted by Gasteiger charge is -2.13. The van der Waals surface area contributed by atoms with Crippen LogP contribution in [0.25, 0.3) is 22.0 Å². The van der Waals surface area contributed by atoms with Crippen molar-refractivity contribution < 1.29 is 9.21 Å². The first kappa shape index (κ1) is 17.2. The molecule has 1 aromatic carbocycles. The van der Waals surface area contributed by atoms with Crippen LogP contribution in [0.2, 0.25) is 0 Å². The summed E-state index contributed by atoms with van der Waals surface area (Å²) in [6.07, 6.45) is 4.09. The van der Waals surface area contributed by atoms with E-state index in [2.05, 4.69) is 20.3 Å². The summed E-state index contributed by atoms with van der Waals surface area (Å²) in [5, 5.41) is 5.42. The Bertz CT molecular complexity index is 1020. The second kappa shape index (κ2) is 7.59. The third-order valence-corrected chi connectivity index (χ3v) is 5.05. The van der Waals surface area contributed by atoms with E-state index >= 15 is 0 Å². The minimum atomic E-state index is -0.228. The molecular formula is C20H18N4O2S. The maximum atomic E-state index is 12.6. The molecule has 1 unspecified atom stereocenters. The topological polar surface area (TPSA) is 83.8 Å². The molecule has 0 aliphatic carbocycles. The summed E-state index contributed by atoms with van der Waals surface area (Å²) in [6.45, 7) is 2.00. The van der Waals surface area contributed by atoms with Crippen LogP contribution in [0.4, 0.5) is 0 Å². The zero-order valence-corrected chi connectivity index (χ0v) is 15.5. The smallest absolute Gasteiger partial charge is 0.271 e. The molecule has 0 radical (unpaired) electrons. The van der Waals surface area contributed by atoms with Gasteiger partial charge in [0.2, 0.25) is 0 Å². The number of imidazole rings is 1. The highest BCUT2D eigenvalue weighted by Crippen LogP contribution is 2.25. The van der Waals surface area contributed by atoms with Crippen molar-refractivity contribution in [2.24, 2.45) is 0 Å². The molecule has 7 heteroatoms. The van der Waals surface area contributed by atoms with Crippen LogP contribution in [0.15, 0.2) is 64.7 Å². The van der Waals surface area contributed by atoms with Gasteiger partial charge in [-0.15, -0.1) is 11.3 Å². The number of thiazole rings is 1. The van der Waals surface area contributed by atoms with E-state index in [-0.39, 0.29) is 11.9 Å². The molecule has 0 saturated heterocycles. The highest BCUT2D eigenvalue weighted by atomic mass is 32.1. The van der Waals surface area contributed by atoms with Crippen LogP contribution in [0, 0.1) is 0 Å². The molecule has 0 saturated carbocycles. The normalized spacial score (nSPS) is 12.0. The molecule has 0 aliphatic heterocycles. The van der Waals surface area contributed by atoms with Crippen molar-refractivity contribution in [1.82, 2.24) is 20.3 Å². The Morgan fingerprint density at radius 2 is 2.11 bits per heavy atom. The molecule has 1 amide bonds. The number of furan rings is 1. The fraction of sp³-hybridized carbons (Fsp3) is 0.150. The van der Waals surface area contributed by atoms with Crippen molar-refractivity contribution in [1.29, 1.82) is 0 Å². The fourth-order valence-corrected chi connectivity index (χ4v) is 3.53. The standard InChI is InChI=1S/C20H18N4O2S/c1-2-14(18-21-11-15(22-18)13-7-4-3-5-8-13)23-19(25)16-12-27-20(24-16)17-9-6-10-26-17/h3-12,14H,2H2,1H3,(H,21,22)(H,23,25). The predicted octanol–water partition coefficient (Wildman–Crippen LogP) is 4.67. The van der Waals surface area contributed by atoms with Crippen molar-refractivity contribution in [3.63, 3.8) is 0 Å². The van der Waals surface area contributed by atoms with Gasteiger partial charge in [0.1, 0.15) is 11.5 Å².